The van der Waals surface area contributed by atoms with Gasteiger partial charge in [0.15, 0.2) is 0 Å². The highest BCUT2D eigenvalue weighted by Gasteiger charge is 2.23. The summed E-state index contributed by atoms with van der Waals surface area (Å²) in [4.78, 5) is 25.7. The van der Waals surface area contributed by atoms with Crippen LogP contribution in [0.2, 0.25) is 0 Å². The molecule has 0 bridgehead atoms. The van der Waals surface area contributed by atoms with Gasteiger partial charge in [-0.2, -0.15) is 0 Å². The van der Waals surface area contributed by atoms with Crippen molar-refractivity contribution in [3.05, 3.63) is 0 Å². The Balaban J connectivity index is 2.39. The summed E-state index contributed by atoms with van der Waals surface area (Å²) in [5.74, 6) is -0.200. The predicted octanol–water partition coefficient (Wildman–Crippen LogP) is 1.27. The third-order valence-corrected chi connectivity index (χ3v) is 4.20. The predicted molar refractivity (Wildman–Crippen MR) is 80.1 cm³/mol. The molecule has 1 aliphatic carbocycles. The fourth-order valence-corrected chi connectivity index (χ4v) is 2.56. The smallest absolute Gasteiger partial charge is 0.241 e. The molecule has 0 heterocycles. The lowest BCUT2D eigenvalue weighted by molar-refractivity contribution is -0.134. The van der Waals surface area contributed by atoms with Crippen molar-refractivity contribution in [1.29, 1.82) is 0 Å². The molecule has 2 amide bonds. The Hall–Kier alpha value is -1.10. The van der Waals surface area contributed by atoms with E-state index in [1.807, 2.05) is 20.9 Å². The number of nitrogens with two attached hydrogens (primary N) is 1. The molecule has 5 heteroatoms. The van der Waals surface area contributed by atoms with Crippen LogP contribution in [0.1, 0.15) is 52.4 Å². The summed E-state index contributed by atoms with van der Waals surface area (Å²) in [6, 6.07) is -0.230. The Morgan fingerprint density at radius 2 is 1.75 bits per heavy atom. The third kappa shape index (κ3) is 5.12. The normalized spacial score (nSPS) is 18.4. The zero-order valence-electron chi connectivity index (χ0n) is 13.0. The first-order chi connectivity index (χ1) is 9.43. The van der Waals surface area contributed by atoms with E-state index < -0.39 is 6.04 Å². The molecule has 5 nitrogen and oxygen atoms in total. The summed E-state index contributed by atoms with van der Waals surface area (Å²) >= 11 is 0. The molecule has 1 rings (SSSR count). The van der Waals surface area contributed by atoms with Gasteiger partial charge in [0, 0.05) is 13.1 Å². The van der Waals surface area contributed by atoms with Gasteiger partial charge in [-0.05, 0) is 18.8 Å². The molecule has 1 saturated carbocycles. The minimum Gasteiger partial charge on any atom is -0.346 e. The molecular weight excluding hydrogens is 254 g/mol. The number of nitrogens with one attached hydrogen (secondary N) is 1. The number of hydrogen-bond donors (Lipinski definition) is 2. The van der Waals surface area contributed by atoms with Crippen molar-refractivity contribution in [2.75, 3.05) is 13.6 Å². The van der Waals surface area contributed by atoms with Crippen molar-refractivity contribution >= 4 is 11.8 Å². The van der Waals surface area contributed by atoms with Gasteiger partial charge in [-0.15, -0.1) is 0 Å². The number of carbonyl (C=O) groups excluding carboxylic acids is 2. The van der Waals surface area contributed by atoms with Crippen molar-refractivity contribution in [3.63, 3.8) is 0 Å². The standard InChI is InChI=1S/C15H29N3O2/c1-11(2)14(16)15(20)17-10-13(19)18(3)12-8-6-4-5-7-9-12/h11-12,14H,4-10,16H2,1-3H3,(H,17,20)/t14-/m0/s1. The first-order valence-electron chi connectivity index (χ1n) is 7.72. The molecule has 0 aliphatic heterocycles. The molecule has 3 N–H and O–H groups in total. The van der Waals surface area contributed by atoms with E-state index in [0.29, 0.717) is 6.04 Å². The van der Waals surface area contributed by atoms with Crippen LogP contribution in [0.25, 0.3) is 0 Å². The Bertz CT molecular complexity index is 323. The molecule has 20 heavy (non-hydrogen) atoms. The Morgan fingerprint density at radius 1 is 1.20 bits per heavy atom. The van der Waals surface area contributed by atoms with Crippen LogP contribution in [0.5, 0.6) is 0 Å². The average molecular weight is 283 g/mol. The largest absolute Gasteiger partial charge is 0.346 e. The van der Waals surface area contributed by atoms with E-state index in [9.17, 15) is 9.59 Å². The lowest BCUT2D eigenvalue weighted by Crippen LogP contribution is -2.48. The summed E-state index contributed by atoms with van der Waals surface area (Å²) in [7, 11) is 1.84. The van der Waals surface area contributed by atoms with Gasteiger partial charge < -0.3 is 16.0 Å². The fourth-order valence-electron chi connectivity index (χ4n) is 2.56. The number of hydrogen-bond acceptors (Lipinski definition) is 3. The van der Waals surface area contributed by atoms with Gasteiger partial charge in [-0.25, -0.2) is 0 Å². The van der Waals surface area contributed by atoms with Gasteiger partial charge in [-0.1, -0.05) is 39.5 Å². The van der Waals surface area contributed by atoms with Crippen molar-refractivity contribution < 1.29 is 9.59 Å². The van der Waals surface area contributed by atoms with Gasteiger partial charge >= 0.3 is 0 Å². The van der Waals surface area contributed by atoms with E-state index in [-0.39, 0.29) is 24.3 Å². The van der Waals surface area contributed by atoms with Crippen LogP contribution in [0, 0.1) is 5.92 Å². The molecule has 0 unspecified atom stereocenters. The first-order valence-corrected chi connectivity index (χ1v) is 7.72. The van der Waals surface area contributed by atoms with E-state index in [4.69, 9.17) is 5.73 Å². The molecule has 0 aromatic carbocycles. The second kappa shape index (κ2) is 8.25. The van der Waals surface area contributed by atoms with Crippen LogP contribution in [0.3, 0.4) is 0 Å². The van der Waals surface area contributed by atoms with Crippen molar-refractivity contribution in [2.24, 2.45) is 11.7 Å². The second-order valence-electron chi connectivity index (χ2n) is 6.14. The summed E-state index contributed by atoms with van der Waals surface area (Å²) in [5, 5.41) is 2.64. The lowest BCUT2D eigenvalue weighted by Gasteiger charge is -2.27. The van der Waals surface area contributed by atoms with Gasteiger partial charge in [-0.3, -0.25) is 9.59 Å². The summed E-state index contributed by atoms with van der Waals surface area (Å²) in [6.45, 7) is 3.83. The number of carbonyl (C=O) groups is 2. The fraction of sp³-hybridized carbons (Fsp3) is 0.867. The van der Waals surface area contributed by atoms with E-state index in [0.717, 1.165) is 12.8 Å². The monoisotopic (exact) mass is 283 g/mol. The minimum atomic E-state index is -0.550. The van der Waals surface area contributed by atoms with Gasteiger partial charge in [0.2, 0.25) is 11.8 Å². The van der Waals surface area contributed by atoms with Crippen molar-refractivity contribution in [1.82, 2.24) is 10.2 Å². The van der Waals surface area contributed by atoms with E-state index >= 15 is 0 Å². The molecule has 1 atom stereocenters. The number of nitrogens with zero attached hydrogens (tertiary/aromatic N) is 1. The average Bonchev–Trinajstić information content (AvgIpc) is 2.71. The molecule has 0 aromatic heterocycles. The van der Waals surface area contributed by atoms with Crippen LogP contribution in [0.15, 0.2) is 0 Å². The highest BCUT2D eigenvalue weighted by Crippen LogP contribution is 2.20. The Labute approximate surface area is 122 Å². The SMILES string of the molecule is CC(C)[C@H](N)C(=O)NCC(=O)N(C)C1CCCCCC1. The van der Waals surface area contributed by atoms with Crippen LogP contribution in [-0.2, 0) is 9.59 Å². The van der Waals surface area contributed by atoms with Crippen LogP contribution in [0.4, 0.5) is 0 Å². The van der Waals surface area contributed by atoms with Crippen LogP contribution >= 0.6 is 0 Å². The van der Waals surface area contributed by atoms with Gasteiger partial charge in [0.05, 0.1) is 12.6 Å². The molecule has 1 aliphatic rings. The molecule has 116 valence electrons. The molecule has 0 radical (unpaired) electrons. The summed E-state index contributed by atoms with van der Waals surface area (Å²) in [5.41, 5.74) is 5.75. The quantitative estimate of drug-likeness (QED) is 0.746. The Morgan fingerprint density at radius 3 is 2.25 bits per heavy atom. The zero-order valence-corrected chi connectivity index (χ0v) is 13.0. The second-order valence-corrected chi connectivity index (χ2v) is 6.14. The zero-order chi connectivity index (χ0) is 15.1. The number of likely N-dealkylation sites (N-methyl/N-ethyl adjacent to an activating group) is 1. The molecule has 1 fully saturated rings. The summed E-state index contributed by atoms with van der Waals surface area (Å²) < 4.78 is 0. The molecular formula is C15H29N3O2. The summed E-state index contributed by atoms with van der Waals surface area (Å²) in [6.07, 6.45) is 7.04. The highest BCUT2D eigenvalue weighted by molar-refractivity contribution is 5.87. The molecule has 0 aromatic rings. The van der Waals surface area contributed by atoms with Crippen LogP contribution in [-0.4, -0.2) is 42.4 Å². The van der Waals surface area contributed by atoms with E-state index in [2.05, 4.69) is 5.32 Å². The molecule has 0 spiro atoms. The van der Waals surface area contributed by atoms with Gasteiger partial charge in [0.1, 0.15) is 0 Å². The van der Waals surface area contributed by atoms with Crippen molar-refractivity contribution in [3.8, 4) is 0 Å². The number of rotatable bonds is 5. The molecule has 0 saturated heterocycles. The third-order valence-electron chi connectivity index (χ3n) is 4.20. The minimum absolute atomic E-state index is 0.0267. The van der Waals surface area contributed by atoms with Crippen LogP contribution < -0.4 is 11.1 Å². The Kier molecular flexibility index (Phi) is 6.99. The van der Waals surface area contributed by atoms with E-state index in [1.165, 1.54) is 25.7 Å². The first kappa shape index (κ1) is 17.0. The maximum absolute atomic E-state index is 12.1. The highest BCUT2D eigenvalue weighted by atomic mass is 16.2. The lowest BCUT2D eigenvalue weighted by atomic mass is 10.1. The number of amides is 2. The topological polar surface area (TPSA) is 75.4 Å². The van der Waals surface area contributed by atoms with Gasteiger partial charge in [0.25, 0.3) is 0 Å². The maximum atomic E-state index is 12.1. The van der Waals surface area contributed by atoms with Crippen molar-refractivity contribution in [2.45, 2.75) is 64.5 Å². The van der Waals surface area contributed by atoms with E-state index in [1.54, 1.807) is 4.90 Å². The maximum Gasteiger partial charge on any atom is 0.241 e.